The minimum Gasteiger partial charge on any atom is -0.266 e. The van der Waals surface area contributed by atoms with E-state index >= 15 is 0 Å². The van der Waals surface area contributed by atoms with Crippen molar-refractivity contribution in [3.63, 3.8) is 0 Å². The molecule has 8 aliphatic carbocycles. The van der Waals surface area contributed by atoms with Crippen LogP contribution in [0.1, 0.15) is 93.0 Å². The molecule has 0 saturated heterocycles. The number of rotatable bonds is 3. The number of hydrogen-bond donors (Lipinski definition) is 0. The standard InChI is InChI=1S/C30H37NOS/c1-18-2-4-25(5-3-18)28(32)31-33-26(29-12-19-6-20(13-29)8-21(7-19)14-29)27(33)30-15-22-9-23(16-30)11-24(10-22)17-30/h2-5,19-24H,6-17H2,1H3. The molecule has 0 radical (unpaired) electrons. The largest absolute Gasteiger partial charge is 0.283 e. The van der Waals surface area contributed by atoms with Crippen LogP contribution in [0, 0.1) is 53.3 Å². The van der Waals surface area contributed by atoms with Gasteiger partial charge in [-0.3, -0.25) is 4.79 Å². The van der Waals surface area contributed by atoms with Gasteiger partial charge in [0.1, 0.15) is 0 Å². The molecule has 33 heavy (non-hydrogen) atoms. The van der Waals surface area contributed by atoms with Crippen LogP contribution in [0.4, 0.5) is 0 Å². The highest BCUT2D eigenvalue weighted by atomic mass is 32.2. The molecule has 0 unspecified atom stereocenters. The van der Waals surface area contributed by atoms with Crippen LogP contribution in [-0.4, -0.2) is 5.91 Å². The number of benzene rings is 1. The van der Waals surface area contributed by atoms with Crippen LogP contribution in [-0.2, 0) is 10.7 Å². The number of carbonyl (C=O) groups is 1. The molecule has 3 heteroatoms. The fraction of sp³-hybridized carbons (Fsp3) is 0.700. The molecule has 9 aliphatic rings. The monoisotopic (exact) mass is 459 g/mol. The summed E-state index contributed by atoms with van der Waals surface area (Å²) in [5, 5.41) is 0. The second-order valence-electron chi connectivity index (χ2n) is 13.6. The third-order valence-corrected chi connectivity index (χ3v) is 13.3. The fourth-order valence-corrected chi connectivity index (χ4v) is 13.3. The summed E-state index contributed by atoms with van der Waals surface area (Å²) in [6.45, 7) is 2.09. The van der Waals surface area contributed by atoms with Crippen LogP contribution in [0.3, 0.4) is 0 Å². The Morgan fingerprint density at radius 2 is 1.06 bits per heavy atom. The molecule has 1 aromatic rings. The van der Waals surface area contributed by atoms with Gasteiger partial charge < -0.3 is 0 Å². The SMILES string of the molecule is Cc1ccc(C(=O)N=S2C(C34CC5CC(CC(C5)C3)C4)=C2C23CC4CC(CC(C4)C2)C3)cc1. The summed E-state index contributed by atoms with van der Waals surface area (Å²) >= 11 is 0. The van der Waals surface area contributed by atoms with Crippen molar-refractivity contribution in [2.45, 2.75) is 84.0 Å². The molecule has 1 aromatic carbocycles. The Bertz CT molecular complexity index is 982. The van der Waals surface area contributed by atoms with Crippen molar-refractivity contribution in [1.29, 1.82) is 0 Å². The third kappa shape index (κ3) is 2.96. The van der Waals surface area contributed by atoms with E-state index in [-0.39, 0.29) is 16.6 Å². The highest BCUT2D eigenvalue weighted by Gasteiger charge is 2.64. The second-order valence-corrected chi connectivity index (χ2v) is 15.2. The zero-order valence-electron chi connectivity index (χ0n) is 20.0. The summed E-state index contributed by atoms with van der Waals surface area (Å²) in [5.74, 6) is 5.79. The molecule has 8 bridgehead atoms. The van der Waals surface area contributed by atoms with Crippen LogP contribution in [0.5, 0.6) is 0 Å². The lowest BCUT2D eigenvalue weighted by Gasteiger charge is -2.57. The molecule has 0 atom stereocenters. The predicted molar refractivity (Wildman–Crippen MR) is 134 cm³/mol. The van der Waals surface area contributed by atoms with Gasteiger partial charge in [0.15, 0.2) is 0 Å². The van der Waals surface area contributed by atoms with Crippen LogP contribution in [0.25, 0.3) is 0 Å². The summed E-state index contributed by atoms with van der Waals surface area (Å²) in [7, 11) is -0.193. The summed E-state index contributed by atoms with van der Waals surface area (Å²) in [6.07, 6.45) is 17.5. The van der Waals surface area contributed by atoms with Gasteiger partial charge in [0, 0.05) is 26.2 Å². The molecule has 174 valence electrons. The van der Waals surface area contributed by atoms with Crippen molar-refractivity contribution >= 4 is 16.6 Å². The van der Waals surface area contributed by atoms with E-state index < -0.39 is 0 Å². The smallest absolute Gasteiger partial charge is 0.266 e. The van der Waals surface area contributed by atoms with E-state index in [4.69, 9.17) is 4.36 Å². The lowest BCUT2D eigenvalue weighted by molar-refractivity contribution is -0.0337. The van der Waals surface area contributed by atoms with Crippen molar-refractivity contribution in [3.05, 3.63) is 45.2 Å². The first kappa shape index (κ1) is 20.0. The number of nitrogens with zero attached hydrogens (tertiary/aromatic N) is 1. The van der Waals surface area contributed by atoms with Gasteiger partial charge in [0.05, 0.1) is 0 Å². The molecule has 8 fully saturated rings. The Labute approximate surface area is 201 Å². The first-order valence-corrected chi connectivity index (χ1v) is 15.0. The van der Waals surface area contributed by atoms with Gasteiger partial charge in [-0.25, -0.2) is 0 Å². The normalized spacial score (nSPS) is 48.5. The average Bonchev–Trinajstić information content (AvgIpc) is 3.48. The minimum atomic E-state index is -0.193. The Morgan fingerprint density at radius 3 is 1.42 bits per heavy atom. The molecule has 0 aromatic heterocycles. The molecule has 10 rings (SSSR count). The van der Waals surface area contributed by atoms with Crippen LogP contribution < -0.4 is 0 Å². The Kier molecular flexibility index (Phi) is 4.07. The highest BCUT2D eigenvalue weighted by Crippen LogP contribution is 2.73. The first-order valence-electron chi connectivity index (χ1n) is 13.8. The second kappa shape index (κ2) is 6.71. The highest BCUT2D eigenvalue weighted by molar-refractivity contribution is 8.02. The van der Waals surface area contributed by atoms with Crippen molar-refractivity contribution < 1.29 is 4.79 Å². The van der Waals surface area contributed by atoms with Gasteiger partial charge in [-0.1, -0.05) is 17.7 Å². The topological polar surface area (TPSA) is 29.4 Å². The van der Waals surface area contributed by atoms with Crippen molar-refractivity contribution in [2.75, 3.05) is 0 Å². The predicted octanol–water partition coefficient (Wildman–Crippen LogP) is 7.60. The Hall–Kier alpha value is -1.22. The minimum absolute atomic E-state index is 0.0419. The zero-order valence-corrected chi connectivity index (χ0v) is 20.8. The van der Waals surface area contributed by atoms with Gasteiger partial charge >= 0.3 is 0 Å². The molecule has 0 spiro atoms. The van der Waals surface area contributed by atoms with E-state index in [1.165, 1.54) is 82.6 Å². The van der Waals surface area contributed by atoms with Gasteiger partial charge in [-0.05, 0) is 142 Å². The van der Waals surface area contributed by atoms with E-state index in [1.807, 2.05) is 12.1 Å². The third-order valence-electron chi connectivity index (χ3n) is 11.1. The maximum atomic E-state index is 13.4. The number of hydrogen-bond acceptors (Lipinski definition) is 1. The zero-order chi connectivity index (χ0) is 21.9. The number of aryl methyl sites for hydroxylation is 1. The van der Waals surface area contributed by atoms with Gasteiger partial charge in [0.2, 0.25) is 0 Å². The number of amides is 1. The Morgan fingerprint density at radius 1 is 0.697 bits per heavy atom. The fourth-order valence-electron chi connectivity index (χ4n) is 10.7. The van der Waals surface area contributed by atoms with Crippen molar-refractivity contribution in [3.8, 4) is 0 Å². The van der Waals surface area contributed by atoms with Gasteiger partial charge in [0.25, 0.3) is 5.91 Å². The van der Waals surface area contributed by atoms with E-state index in [0.29, 0.717) is 10.8 Å². The summed E-state index contributed by atoms with van der Waals surface area (Å²) in [5.41, 5.74) is 2.85. The van der Waals surface area contributed by atoms with Crippen molar-refractivity contribution in [1.82, 2.24) is 0 Å². The van der Waals surface area contributed by atoms with Crippen LogP contribution in [0.15, 0.2) is 38.4 Å². The van der Waals surface area contributed by atoms with E-state index in [2.05, 4.69) is 19.1 Å². The van der Waals surface area contributed by atoms with Crippen LogP contribution >= 0.6 is 0 Å². The quantitative estimate of drug-likeness (QED) is 0.458. The van der Waals surface area contributed by atoms with E-state index in [9.17, 15) is 4.79 Å². The molecule has 8 saturated carbocycles. The average molecular weight is 460 g/mol. The molecule has 1 amide bonds. The summed E-state index contributed by atoms with van der Waals surface area (Å²) in [6, 6.07) is 8.10. The maximum Gasteiger partial charge on any atom is 0.283 e. The number of carbonyl (C=O) groups excluding carboxylic acids is 1. The molecule has 0 N–H and O–H groups in total. The molecule has 1 heterocycles. The molecular weight excluding hydrogens is 422 g/mol. The van der Waals surface area contributed by atoms with E-state index in [1.54, 1.807) is 9.81 Å². The first-order chi connectivity index (χ1) is 16.0. The maximum absolute atomic E-state index is 13.4. The molecular formula is C30H37NOS. The Balaban J connectivity index is 1.22. The van der Waals surface area contributed by atoms with Gasteiger partial charge in [-0.15, -0.1) is 0 Å². The van der Waals surface area contributed by atoms with Gasteiger partial charge in [-0.2, -0.15) is 4.36 Å². The summed E-state index contributed by atoms with van der Waals surface area (Å²) in [4.78, 5) is 16.9. The van der Waals surface area contributed by atoms with Crippen molar-refractivity contribution in [2.24, 2.45) is 50.7 Å². The molecule has 1 aliphatic heterocycles. The molecule has 2 nitrogen and oxygen atoms in total. The number of allylic oxidation sites excluding steroid dienone is 2. The van der Waals surface area contributed by atoms with Crippen LogP contribution in [0.2, 0.25) is 0 Å². The van der Waals surface area contributed by atoms with E-state index in [0.717, 1.165) is 41.1 Å². The lowest BCUT2D eigenvalue weighted by Crippen LogP contribution is -2.47. The lowest BCUT2D eigenvalue weighted by atomic mass is 9.47. The summed E-state index contributed by atoms with van der Waals surface area (Å²) < 4.78 is 5.08.